The number of aromatic nitrogens is 5. The van der Waals surface area contributed by atoms with Gasteiger partial charge in [0, 0.05) is 47.9 Å². The Morgan fingerprint density at radius 3 is 2.55 bits per heavy atom. The van der Waals surface area contributed by atoms with E-state index in [4.69, 9.17) is 4.74 Å². The summed E-state index contributed by atoms with van der Waals surface area (Å²) in [5.74, 6) is 0.566. The van der Waals surface area contributed by atoms with E-state index in [0.29, 0.717) is 5.88 Å². The number of nitrogens with one attached hydrogen (secondary N) is 1. The van der Waals surface area contributed by atoms with Gasteiger partial charge in [-0.2, -0.15) is 5.10 Å². The number of piperidine rings is 1. The van der Waals surface area contributed by atoms with E-state index in [-0.39, 0.29) is 17.2 Å². The zero-order chi connectivity index (χ0) is 21.6. The van der Waals surface area contributed by atoms with Crippen LogP contribution < -0.4 is 10.1 Å². The van der Waals surface area contributed by atoms with E-state index in [2.05, 4.69) is 59.4 Å². The van der Waals surface area contributed by atoms with Crippen LogP contribution >= 0.6 is 11.3 Å². The molecule has 1 aliphatic heterocycles. The van der Waals surface area contributed by atoms with Gasteiger partial charge in [0.2, 0.25) is 5.88 Å². The zero-order valence-corrected chi connectivity index (χ0v) is 19.0. The summed E-state index contributed by atoms with van der Waals surface area (Å²) in [7, 11) is 0. The molecule has 4 aromatic rings. The number of rotatable bonds is 4. The van der Waals surface area contributed by atoms with E-state index in [1.54, 1.807) is 17.5 Å². The molecule has 0 amide bonds. The summed E-state index contributed by atoms with van der Waals surface area (Å²) in [4.78, 5) is 4.56. The molecule has 0 radical (unpaired) electrons. The van der Waals surface area contributed by atoms with E-state index in [1.165, 1.54) is 0 Å². The molecule has 1 fully saturated rings. The average molecular weight is 435 g/mol. The normalized spacial score (nSPS) is 18.3. The fraction of sp³-hybridized carbons (Fsp3) is 0.391. The van der Waals surface area contributed by atoms with Gasteiger partial charge in [0.05, 0.1) is 21.6 Å². The van der Waals surface area contributed by atoms with Gasteiger partial charge in [-0.05, 0) is 52.0 Å². The molecule has 3 aromatic heterocycles. The maximum absolute atomic E-state index is 6.22. The largest absolute Gasteiger partial charge is 0.473 e. The standard InChI is InChI=1S/C23H26N6OS/c1-22(2)12-15(13-23(3,4)28-22)30-19-9-7-17(26-27-19)16-6-8-18(29-11-5-10-25-29)20-21(16)31-14-24-20/h5-11,14-15,28H,12-13H2,1-4H3. The van der Waals surface area contributed by atoms with Crippen molar-refractivity contribution in [2.24, 2.45) is 0 Å². The molecule has 8 heteroatoms. The number of hydrogen-bond donors (Lipinski definition) is 1. The van der Waals surface area contributed by atoms with Gasteiger partial charge in [0.15, 0.2) is 0 Å². The van der Waals surface area contributed by atoms with Gasteiger partial charge in [-0.1, -0.05) is 0 Å². The van der Waals surface area contributed by atoms with Crippen molar-refractivity contribution >= 4 is 21.6 Å². The van der Waals surface area contributed by atoms with Gasteiger partial charge in [-0.3, -0.25) is 0 Å². The SMILES string of the molecule is CC1(C)CC(Oc2ccc(-c3ccc(-n4cccn4)c4ncsc34)nn2)CC(C)(C)N1. The first-order valence-electron chi connectivity index (χ1n) is 10.5. The highest BCUT2D eigenvalue weighted by Crippen LogP contribution is 2.34. The van der Waals surface area contributed by atoms with Crippen molar-refractivity contribution in [1.29, 1.82) is 0 Å². The van der Waals surface area contributed by atoms with Crippen molar-refractivity contribution in [2.75, 3.05) is 0 Å². The molecule has 160 valence electrons. The maximum Gasteiger partial charge on any atom is 0.233 e. The lowest BCUT2D eigenvalue weighted by atomic mass is 9.81. The quantitative estimate of drug-likeness (QED) is 0.505. The first kappa shape index (κ1) is 20.1. The Morgan fingerprint density at radius 1 is 1.06 bits per heavy atom. The number of fused-ring (bicyclic) bond motifs is 1. The summed E-state index contributed by atoms with van der Waals surface area (Å²) in [6.07, 6.45) is 5.64. The van der Waals surface area contributed by atoms with E-state index in [0.717, 1.165) is 40.0 Å². The van der Waals surface area contributed by atoms with E-state index >= 15 is 0 Å². The molecule has 5 rings (SSSR count). The molecule has 0 aliphatic carbocycles. The van der Waals surface area contributed by atoms with Gasteiger partial charge in [0.25, 0.3) is 0 Å². The second kappa shape index (κ2) is 7.39. The third-order valence-corrected chi connectivity index (χ3v) is 6.43. The molecule has 1 saturated heterocycles. The van der Waals surface area contributed by atoms with E-state index in [9.17, 15) is 0 Å². The Labute approximate surface area is 185 Å². The molecular weight excluding hydrogens is 408 g/mol. The molecule has 0 unspecified atom stereocenters. The molecule has 1 aliphatic rings. The summed E-state index contributed by atoms with van der Waals surface area (Å²) in [5.41, 5.74) is 5.58. The fourth-order valence-electron chi connectivity index (χ4n) is 4.74. The molecule has 1 N–H and O–H groups in total. The predicted octanol–water partition coefficient (Wildman–Crippen LogP) is 4.63. The highest BCUT2D eigenvalue weighted by Gasteiger charge is 2.38. The number of thiazole rings is 1. The van der Waals surface area contributed by atoms with Crippen molar-refractivity contribution in [3.8, 4) is 22.8 Å². The molecule has 0 spiro atoms. The number of nitrogens with zero attached hydrogens (tertiary/aromatic N) is 5. The van der Waals surface area contributed by atoms with Crippen LogP contribution in [0.2, 0.25) is 0 Å². The van der Waals surface area contributed by atoms with E-state index in [1.807, 2.05) is 40.7 Å². The molecule has 4 heterocycles. The monoisotopic (exact) mass is 434 g/mol. The number of benzene rings is 1. The topological polar surface area (TPSA) is 77.8 Å². The van der Waals surface area contributed by atoms with Crippen LogP contribution in [0.25, 0.3) is 27.2 Å². The van der Waals surface area contributed by atoms with Crippen LogP contribution in [0.5, 0.6) is 5.88 Å². The third kappa shape index (κ3) is 4.05. The summed E-state index contributed by atoms with van der Waals surface area (Å²) in [6, 6.07) is 9.87. The van der Waals surface area contributed by atoms with Gasteiger partial charge in [0.1, 0.15) is 11.6 Å². The molecule has 1 aromatic carbocycles. The van der Waals surface area contributed by atoms with Gasteiger partial charge < -0.3 is 10.1 Å². The second-order valence-electron chi connectivity index (χ2n) is 9.41. The highest BCUT2D eigenvalue weighted by atomic mass is 32.1. The maximum atomic E-state index is 6.22. The second-order valence-corrected chi connectivity index (χ2v) is 10.3. The predicted molar refractivity (Wildman–Crippen MR) is 123 cm³/mol. The van der Waals surface area contributed by atoms with Crippen molar-refractivity contribution in [3.63, 3.8) is 0 Å². The molecule has 0 saturated carbocycles. The first-order chi connectivity index (χ1) is 14.8. The van der Waals surface area contributed by atoms with Crippen molar-refractivity contribution < 1.29 is 4.74 Å². The van der Waals surface area contributed by atoms with E-state index < -0.39 is 0 Å². The molecular formula is C23H26N6OS. The minimum absolute atomic E-state index is 0.0217. The van der Waals surface area contributed by atoms with Crippen molar-refractivity contribution in [1.82, 2.24) is 30.3 Å². The third-order valence-electron chi connectivity index (χ3n) is 5.57. The fourth-order valence-corrected chi connectivity index (χ4v) is 5.58. The van der Waals surface area contributed by atoms with Crippen LogP contribution in [0.1, 0.15) is 40.5 Å². The van der Waals surface area contributed by atoms with Gasteiger partial charge in [-0.25, -0.2) is 9.67 Å². The van der Waals surface area contributed by atoms with Crippen molar-refractivity contribution in [3.05, 3.63) is 48.2 Å². The Kier molecular flexibility index (Phi) is 4.79. The lowest BCUT2D eigenvalue weighted by molar-refractivity contribution is 0.0524. The minimum atomic E-state index is 0.0217. The van der Waals surface area contributed by atoms with Crippen LogP contribution in [0.3, 0.4) is 0 Å². The highest BCUT2D eigenvalue weighted by molar-refractivity contribution is 7.17. The molecule has 7 nitrogen and oxygen atoms in total. The lowest BCUT2D eigenvalue weighted by Gasteiger charge is -2.46. The zero-order valence-electron chi connectivity index (χ0n) is 18.2. The Morgan fingerprint density at radius 2 is 1.87 bits per heavy atom. The van der Waals surface area contributed by atoms with Crippen molar-refractivity contribution in [2.45, 2.75) is 57.7 Å². The minimum Gasteiger partial charge on any atom is -0.473 e. The number of ether oxygens (including phenoxy) is 1. The lowest BCUT2D eigenvalue weighted by Crippen LogP contribution is -2.60. The Hall–Kier alpha value is -2.84. The summed E-state index contributed by atoms with van der Waals surface area (Å²) >= 11 is 1.59. The summed E-state index contributed by atoms with van der Waals surface area (Å²) in [6.45, 7) is 8.86. The molecule has 31 heavy (non-hydrogen) atoms. The summed E-state index contributed by atoms with van der Waals surface area (Å²) in [5, 5.41) is 16.9. The van der Waals surface area contributed by atoms with Crippen LogP contribution in [0.4, 0.5) is 0 Å². The number of hydrogen-bond acceptors (Lipinski definition) is 7. The van der Waals surface area contributed by atoms with Gasteiger partial charge in [-0.15, -0.1) is 21.5 Å². The first-order valence-corrected chi connectivity index (χ1v) is 11.3. The van der Waals surface area contributed by atoms with Crippen LogP contribution in [0.15, 0.2) is 48.2 Å². The summed E-state index contributed by atoms with van der Waals surface area (Å²) < 4.78 is 9.12. The molecule has 0 bridgehead atoms. The van der Waals surface area contributed by atoms with Crippen LogP contribution in [-0.2, 0) is 0 Å². The average Bonchev–Trinajstić information content (AvgIpc) is 3.38. The van der Waals surface area contributed by atoms with Crippen LogP contribution in [-0.4, -0.2) is 42.1 Å². The Bertz CT molecular complexity index is 1180. The smallest absolute Gasteiger partial charge is 0.233 e. The van der Waals surface area contributed by atoms with Gasteiger partial charge >= 0.3 is 0 Å². The Balaban J connectivity index is 1.40. The van der Waals surface area contributed by atoms with Crippen LogP contribution in [0, 0.1) is 0 Å². The molecule has 0 atom stereocenters.